The molecule has 1 aliphatic rings. The summed E-state index contributed by atoms with van der Waals surface area (Å²) in [4.78, 5) is 43.1. The molecule has 4 amide bonds. The molecule has 7 nitrogen and oxygen atoms in total. The molecule has 0 aliphatic carbocycles. The molecule has 1 N–H and O–H groups in total. The van der Waals surface area contributed by atoms with Gasteiger partial charge in [0.1, 0.15) is 18.0 Å². The first-order chi connectivity index (χ1) is 16.7. The van der Waals surface area contributed by atoms with Crippen molar-refractivity contribution in [1.29, 1.82) is 0 Å². The molecule has 35 heavy (non-hydrogen) atoms. The molecule has 10 heteroatoms. The highest BCUT2D eigenvalue weighted by molar-refractivity contribution is 6.35. The summed E-state index contributed by atoms with van der Waals surface area (Å²) in [7, 11) is 1.58. The van der Waals surface area contributed by atoms with Gasteiger partial charge in [-0.15, -0.1) is 0 Å². The van der Waals surface area contributed by atoms with E-state index in [4.69, 9.17) is 23.2 Å². The molecular formula is C25H29Cl2FN4O3. The Labute approximate surface area is 214 Å². The molecule has 1 fully saturated rings. The minimum Gasteiger partial charge on any atom is -0.334 e. The van der Waals surface area contributed by atoms with Crippen LogP contribution in [-0.2, 0) is 22.7 Å². The van der Waals surface area contributed by atoms with Gasteiger partial charge in [-0.1, -0.05) is 61.7 Å². The molecule has 188 valence electrons. The zero-order valence-electron chi connectivity index (χ0n) is 19.9. The van der Waals surface area contributed by atoms with Crippen LogP contribution in [0.3, 0.4) is 0 Å². The van der Waals surface area contributed by atoms with Gasteiger partial charge in [0.2, 0.25) is 12.3 Å². The predicted molar refractivity (Wildman–Crippen MR) is 133 cm³/mol. The third kappa shape index (κ3) is 6.24. The van der Waals surface area contributed by atoms with E-state index in [0.29, 0.717) is 28.4 Å². The van der Waals surface area contributed by atoms with Gasteiger partial charge in [-0.3, -0.25) is 9.59 Å². The summed E-state index contributed by atoms with van der Waals surface area (Å²) in [6.45, 7) is 4.38. The molecule has 1 heterocycles. The lowest BCUT2D eigenvalue weighted by Gasteiger charge is -2.48. The highest BCUT2D eigenvalue weighted by Crippen LogP contribution is 2.28. The lowest BCUT2D eigenvalue weighted by molar-refractivity contribution is -0.158. The minimum atomic E-state index is -0.727. The van der Waals surface area contributed by atoms with Gasteiger partial charge >= 0.3 is 6.03 Å². The lowest BCUT2D eigenvalue weighted by Crippen LogP contribution is -2.68. The van der Waals surface area contributed by atoms with E-state index in [1.54, 1.807) is 42.3 Å². The van der Waals surface area contributed by atoms with E-state index < -0.39 is 18.2 Å². The van der Waals surface area contributed by atoms with Crippen LogP contribution >= 0.6 is 23.2 Å². The molecule has 1 aliphatic heterocycles. The average molecular weight is 523 g/mol. The van der Waals surface area contributed by atoms with Crippen LogP contribution in [0, 0.1) is 11.7 Å². The molecule has 3 atom stereocenters. The van der Waals surface area contributed by atoms with Crippen molar-refractivity contribution in [3.63, 3.8) is 0 Å². The van der Waals surface area contributed by atoms with Crippen molar-refractivity contribution < 1.29 is 18.8 Å². The number of hydrogen-bond acceptors (Lipinski definition) is 3. The normalized spacial score (nSPS) is 18.9. The Kier molecular flexibility index (Phi) is 8.97. The number of hydrogen-bond donors (Lipinski definition) is 1. The number of likely N-dealkylation sites (N-methyl/N-ethyl adjacent to an activating group) is 1. The standard InChI is InChI=1S/C25H29Cl2FN4O3/c1-4-16(2)23-24(34)31(13-18-7-8-19(26)11-21(18)27)14-22(32(23)15-33)30(3)25(35)29-12-17-5-9-20(28)10-6-17/h5-11,15-16,22-23H,4,12-14H2,1-3H3,(H,29,35)/t16?,22?,23-/m0/s1. The molecule has 0 saturated carbocycles. The topological polar surface area (TPSA) is 73.0 Å². The van der Waals surface area contributed by atoms with Crippen molar-refractivity contribution in [3.05, 3.63) is 69.5 Å². The zero-order valence-corrected chi connectivity index (χ0v) is 21.4. The van der Waals surface area contributed by atoms with Gasteiger partial charge in [-0.25, -0.2) is 9.18 Å². The van der Waals surface area contributed by atoms with E-state index in [1.807, 2.05) is 13.8 Å². The SMILES string of the molecule is CCC(C)[C@H]1C(=O)N(Cc2ccc(Cl)cc2Cl)CC(N(C)C(=O)NCc2ccc(F)cc2)N1C=O. The second kappa shape index (κ2) is 11.7. The third-order valence-corrected chi connectivity index (χ3v) is 7.01. The van der Waals surface area contributed by atoms with Crippen LogP contribution in [0.2, 0.25) is 10.0 Å². The van der Waals surface area contributed by atoms with E-state index in [0.717, 1.165) is 5.56 Å². The monoisotopic (exact) mass is 522 g/mol. The molecule has 2 aromatic rings. The maximum absolute atomic E-state index is 13.5. The number of nitrogens with one attached hydrogen (secondary N) is 1. The minimum absolute atomic E-state index is 0.115. The van der Waals surface area contributed by atoms with Gasteiger partial charge in [-0.2, -0.15) is 0 Å². The summed E-state index contributed by atoms with van der Waals surface area (Å²) in [5.41, 5.74) is 1.45. The molecule has 1 saturated heterocycles. The number of benzene rings is 2. The van der Waals surface area contributed by atoms with Gasteiger partial charge in [0.15, 0.2) is 0 Å². The van der Waals surface area contributed by atoms with E-state index in [-0.39, 0.29) is 37.3 Å². The van der Waals surface area contributed by atoms with E-state index in [2.05, 4.69) is 5.32 Å². The van der Waals surface area contributed by atoms with Gasteiger partial charge in [-0.05, 0) is 41.3 Å². The number of nitrogens with zero attached hydrogens (tertiary/aromatic N) is 3. The first-order valence-electron chi connectivity index (χ1n) is 11.4. The summed E-state index contributed by atoms with van der Waals surface area (Å²) in [5, 5.41) is 3.72. The van der Waals surface area contributed by atoms with Crippen LogP contribution < -0.4 is 5.32 Å². The smallest absolute Gasteiger partial charge is 0.319 e. The second-order valence-corrected chi connectivity index (χ2v) is 9.56. The van der Waals surface area contributed by atoms with Gasteiger partial charge in [0.25, 0.3) is 0 Å². The predicted octanol–water partition coefficient (Wildman–Crippen LogP) is 4.52. The fraction of sp³-hybridized carbons (Fsp3) is 0.400. The van der Waals surface area contributed by atoms with Crippen molar-refractivity contribution in [2.45, 2.75) is 45.6 Å². The van der Waals surface area contributed by atoms with Gasteiger partial charge in [0, 0.05) is 30.2 Å². The van der Waals surface area contributed by atoms with Crippen molar-refractivity contribution in [2.75, 3.05) is 13.6 Å². The molecule has 0 bridgehead atoms. The first-order valence-corrected chi connectivity index (χ1v) is 12.1. The summed E-state index contributed by atoms with van der Waals surface area (Å²) in [5.74, 6) is -0.689. The van der Waals surface area contributed by atoms with Crippen LogP contribution in [0.5, 0.6) is 0 Å². The van der Waals surface area contributed by atoms with E-state index in [1.165, 1.54) is 21.9 Å². The molecule has 2 aromatic carbocycles. The Bertz CT molecular complexity index is 1070. The highest BCUT2D eigenvalue weighted by Gasteiger charge is 2.44. The number of carbonyl (C=O) groups excluding carboxylic acids is 3. The van der Waals surface area contributed by atoms with Crippen molar-refractivity contribution in [3.8, 4) is 0 Å². The van der Waals surface area contributed by atoms with E-state index in [9.17, 15) is 18.8 Å². The van der Waals surface area contributed by atoms with Gasteiger partial charge < -0.3 is 20.0 Å². The van der Waals surface area contributed by atoms with Crippen LogP contribution in [-0.4, -0.2) is 58.8 Å². The largest absolute Gasteiger partial charge is 0.334 e. The maximum Gasteiger partial charge on any atom is 0.319 e. The molecule has 0 radical (unpaired) electrons. The molecule has 3 rings (SSSR count). The lowest BCUT2D eigenvalue weighted by atomic mass is 9.93. The molecule has 0 aromatic heterocycles. The molecule has 2 unspecified atom stereocenters. The summed E-state index contributed by atoms with van der Waals surface area (Å²) < 4.78 is 13.2. The van der Waals surface area contributed by atoms with Crippen LogP contribution in [0.1, 0.15) is 31.4 Å². The Balaban J connectivity index is 1.83. The van der Waals surface area contributed by atoms with Gasteiger partial charge in [0.05, 0.1) is 6.54 Å². The molecular weight excluding hydrogens is 494 g/mol. The number of carbonyl (C=O) groups is 3. The summed E-state index contributed by atoms with van der Waals surface area (Å²) in [6.07, 6.45) is 0.614. The fourth-order valence-corrected chi connectivity index (χ4v) is 4.61. The van der Waals surface area contributed by atoms with Crippen molar-refractivity contribution in [2.24, 2.45) is 5.92 Å². The maximum atomic E-state index is 13.5. The Morgan fingerprint density at radius 3 is 2.54 bits per heavy atom. The quantitative estimate of drug-likeness (QED) is 0.518. The van der Waals surface area contributed by atoms with Crippen molar-refractivity contribution in [1.82, 2.24) is 20.0 Å². The number of rotatable bonds is 8. The zero-order chi connectivity index (χ0) is 25.7. The summed E-state index contributed by atoms with van der Waals surface area (Å²) >= 11 is 12.4. The average Bonchev–Trinajstić information content (AvgIpc) is 2.84. The fourth-order valence-electron chi connectivity index (χ4n) is 4.14. The van der Waals surface area contributed by atoms with Crippen LogP contribution in [0.4, 0.5) is 9.18 Å². The number of halogens is 3. The third-order valence-electron chi connectivity index (χ3n) is 6.42. The second-order valence-electron chi connectivity index (χ2n) is 8.71. The van der Waals surface area contributed by atoms with Crippen LogP contribution in [0.15, 0.2) is 42.5 Å². The molecule has 0 spiro atoms. The first kappa shape index (κ1) is 26.8. The Hall–Kier alpha value is -2.84. The van der Waals surface area contributed by atoms with Crippen LogP contribution in [0.25, 0.3) is 0 Å². The van der Waals surface area contributed by atoms with E-state index >= 15 is 0 Å². The number of urea groups is 1. The Morgan fingerprint density at radius 2 is 1.94 bits per heavy atom. The Morgan fingerprint density at radius 1 is 1.26 bits per heavy atom. The number of amides is 4. The number of piperazine rings is 1. The van der Waals surface area contributed by atoms with Crippen molar-refractivity contribution >= 4 is 41.6 Å². The highest BCUT2D eigenvalue weighted by atomic mass is 35.5. The summed E-state index contributed by atoms with van der Waals surface area (Å²) in [6, 6.07) is 9.74.